The minimum Gasteiger partial charge on any atom is -0.478 e. The lowest BCUT2D eigenvalue weighted by molar-refractivity contribution is -0.445. The molecule has 0 amide bonds. The van der Waals surface area contributed by atoms with E-state index in [9.17, 15) is 66.7 Å². The van der Waals surface area contributed by atoms with Crippen molar-refractivity contribution in [2.45, 2.75) is 55.7 Å². The molecule has 0 saturated heterocycles. The number of carboxylic acids is 1. The van der Waals surface area contributed by atoms with Crippen molar-refractivity contribution in [1.29, 1.82) is 0 Å². The second-order valence-corrected chi connectivity index (χ2v) is 6.19. The van der Waals surface area contributed by atoms with Crippen molar-refractivity contribution in [1.82, 2.24) is 0 Å². The highest BCUT2D eigenvalue weighted by atomic mass is 19.4. The summed E-state index contributed by atoms with van der Waals surface area (Å²) in [6, 6.07) is 0. The zero-order valence-electron chi connectivity index (χ0n) is 14.9. The van der Waals surface area contributed by atoms with E-state index < -0.39 is 59.7 Å². The van der Waals surface area contributed by atoms with Gasteiger partial charge < -0.3 is 9.84 Å². The fourth-order valence-electron chi connectivity index (χ4n) is 1.89. The maximum atomic E-state index is 14.1. The molecule has 0 aliphatic carbocycles. The molecule has 31 heavy (non-hydrogen) atoms. The van der Waals surface area contributed by atoms with E-state index in [-0.39, 0.29) is 12.2 Å². The molecular formula is C14H11F13O4. The highest BCUT2D eigenvalue weighted by Gasteiger charge is 2.91. The molecule has 0 rings (SSSR count). The molecule has 182 valence electrons. The quantitative estimate of drug-likeness (QED) is 0.283. The third-order valence-corrected chi connectivity index (χ3v) is 3.53. The third-order valence-electron chi connectivity index (χ3n) is 3.53. The largest absolute Gasteiger partial charge is 0.478 e. The minimum atomic E-state index is -8.08. The van der Waals surface area contributed by atoms with Crippen molar-refractivity contribution >= 4 is 11.9 Å². The number of hydrogen-bond donors (Lipinski definition) is 1. The first-order chi connectivity index (χ1) is 13.4. The van der Waals surface area contributed by atoms with Gasteiger partial charge in [0.05, 0.1) is 0 Å². The number of rotatable bonds is 9. The predicted octanol–water partition coefficient (Wildman–Crippen LogP) is 4.93. The summed E-state index contributed by atoms with van der Waals surface area (Å²) in [5.74, 6) is -44.5. The van der Waals surface area contributed by atoms with Crippen LogP contribution in [0.25, 0.3) is 0 Å². The van der Waals surface area contributed by atoms with Crippen LogP contribution in [-0.4, -0.2) is 58.9 Å². The Morgan fingerprint density at radius 1 is 0.710 bits per heavy atom. The van der Waals surface area contributed by atoms with Gasteiger partial charge in [0.25, 0.3) is 0 Å². The van der Waals surface area contributed by atoms with E-state index in [0.29, 0.717) is 13.8 Å². The van der Waals surface area contributed by atoms with Gasteiger partial charge in [-0.25, -0.2) is 9.59 Å². The topological polar surface area (TPSA) is 63.6 Å². The van der Waals surface area contributed by atoms with Gasteiger partial charge in [0.1, 0.15) is 0 Å². The van der Waals surface area contributed by atoms with Gasteiger partial charge in [0.2, 0.25) is 0 Å². The molecule has 0 spiro atoms. The molecule has 0 aromatic heterocycles. The Bertz CT molecular complexity index is 709. The molecule has 0 aromatic carbocycles. The van der Waals surface area contributed by atoms with E-state index in [1.807, 2.05) is 0 Å². The zero-order valence-corrected chi connectivity index (χ0v) is 14.9. The molecule has 0 aliphatic heterocycles. The van der Waals surface area contributed by atoms with Crippen LogP contribution in [0.15, 0.2) is 12.2 Å². The average molecular weight is 490 g/mol. The molecule has 0 saturated carbocycles. The first kappa shape index (κ1) is 28.8. The maximum Gasteiger partial charge on any atom is 0.460 e. The lowest BCUT2D eigenvalue weighted by atomic mass is 9.88. The van der Waals surface area contributed by atoms with Crippen LogP contribution >= 0.6 is 0 Å². The number of ether oxygens (including phenoxy) is 1. The van der Waals surface area contributed by atoms with E-state index in [0.717, 1.165) is 0 Å². The van der Waals surface area contributed by atoms with Crippen LogP contribution in [0.1, 0.15) is 13.8 Å². The Labute approximate surface area is 163 Å². The number of esters is 1. The molecule has 1 N–H and O–H groups in total. The van der Waals surface area contributed by atoms with Gasteiger partial charge in [-0.3, -0.25) is 0 Å². The highest BCUT2D eigenvalue weighted by Crippen LogP contribution is 2.61. The highest BCUT2D eigenvalue weighted by molar-refractivity contribution is 5.90. The van der Waals surface area contributed by atoms with Gasteiger partial charge in [0, 0.05) is 12.2 Å². The molecule has 0 fully saturated rings. The van der Waals surface area contributed by atoms with E-state index in [1.54, 1.807) is 0 Å². The molecule has 0 bridgehead atoms. The van der Waals surface area contributed by atoms with Crippen LogP contribution < -0.4 is 0 Å². The van der Waals surface area contributed by atoms with Gasteiger partial charge in [-0.15, -0.1) is 0 Å². The Kier molecular flexibility index (Phi) is 7.77. The summed E-state index contributed by atoms with van der Waals surface area (Å²) in [7, 11) is 0. The Hall–Kier alpha value is -2.23. The lowest BCUT2D eigenvalue weighted by Gasteiger charge is -2.42. The number of halogens is 13. The molecule has 0 radical (unpaired) electrons. The summed E-state index contributed by atoms with van der Waals surface area (Å²) in [5.41, 5.74) is 0. The van der Waals surface area contributed by atoms with Crippen LogP contribution in [0, 0.1) is 5.92 Å². The van der Waals surface area contributed by atoms with Gasteiger partial charge in [-0.05, 0) is 5.92 Å². The molecule has 17 heteroatoms. The zero-order chi connectivity index (χ0) is 25.4. The number of hydrogen-bond acceptors (Lipinski definition) is 3. The number of aliphatic carboxylic acids is 1. The van der Waals surface area contributed by atoms with Crippen LogP contribution in [0.2, 0.25) is 0 Å². The van der Waals surface area contributed by atoms with Crippen molar-refractivity contribution in [3.63, 3.8) is 0 Å². The average Bonchev–Trinajstić information content (AvgIpc) is 2.55. The first-order valence-electron chi connectivity index (χ1n) is 7.47. The predicted molar refractivity (Wildman–Crippen MR) is 72.3 cm³/mol. The summed E-state index contributed by atoms with van der Waals surface area (Å²) in [4.78, 5) is 21.4. The molecule has 0 heterocycles. The van der Waals surface area contributed by atoms with E-state index in [2.05, 4.69) is 4.74 Å². The van der Waals surface area contributed by atoms with Crippen LogP contribution in [-0.2, 0) is 14.3 Å². The monoisotopic (exact) mass is 490 g/mol. The van der Waals surface area contributed by atoms with Crippen molar-refractivity contribution in [3.05, 3.63) is 12.2 Å². The second kappa shape index (κ2) is 8.37. The van der Waals surface area contributed by atoms with Gasteiger partial charge in [-0.2, -0.15) is 57.1 Å². The number of carbonyl (C=O) groups is 2. The maximum absolute atomic E-state index is 14.1. The number of carboxylic acid groups (broad SMARTS) is 1. The SMILES string of the molecule is CC(C)C(OC(=O)/C=C\C(=O)O)C(F)(F)C(F)(F)C(F)(F)C(F)(F)C(F)(F)C(F)(F)F. The summed E-state index contributed by atoms with van der Waals surface area (Å²) in [6.45, 7) is 0.951. The number of alkyl halides is 13. The fraction of sp³-hybridized carbons (Fsp3) is 0.714. The minimum absolute atomic E-state index is 0.0946. The molecule has 0 aromatic rings. The summed E-state index contributed by atoms with van der Waals surface area (Å²) in [6.07, 6.45) is -11.6. The Balaban J connectivity index is 6.44. The van der Waals surface area contributed by atoms with Gasteiger partial charge in [-0.1, -0.05) is 13.8 Å². The molecular weight excluding hydrogens is 479 g/mol. The van der Waals surface area contributed by atoms with Crippen molar-refractivity contribution in [2.24, 2.45) is 5.92 Å². The molecule has 1 unspecified atom stereocenters. The Morgan fingerprint density at radius 3 is 1.42 bits per heavy atom. The van der Waals surface area contributed by atoms with Crippen molar-refractivity contribution < 1.29 is 76.5 Å². The number of carbonyl (C=O) groups excluding carboxylic acids is 1. The van der Waals surface area contributed by atoms with Crippen LogP contribution in [0.4, 0.5) is 57.1 Å². The van der Waals surface area contributed by atoms with Gasteiger partial charge >= 0.3 is 47.7 Å². The normalized spacial score (nSPS) is 16.0. The van der Waals surface area contributed by atoms with Crippen LogP contribution in [0.3, 0.4) is 0 Å². The molecule has 0 aliphatic rings. The van der Waals surface area contributed by atoms with Crippen LogP contribution in [0.5, 0.6) is 0 Å². The Morgan fingerprint density at radius 2 is 1.10 bits per heavy atom. The standard InChI is InChI=1S/C14H11F13O4/c1-5(2)8(31-7(30)4-3-6(28)29)9(15,16)10(17,18)11(19,20)12(21,22)13(23,24)14(25,26)27/h3-5,8H,1-2H3,(H,28,29)/b4-3-. The molecule has 4 nitrogen and oxygen atoms in total. The van der Waals surface area contributed by atoms with E-state index in [1.165, 1.54) is 0 Å². The summed E-state index contributed by atoms with van der Waals surface area (Å²) >= 11 is 0. The summed E-state index contributed by atoms with van der Waals surface area (Å²) < 4.78 is 175. The van der Waals surface area contributed by atoms with E-state index >= 15 is 0 Å². The lowest BCUT2D eigenvalue weighted by Crippen LogP contribution is -2.72. The molecule has 1 atom stereocenters. The second-order valence-electron chi connectivity index (χ2n) is 6.19. The first-order valence-corrected chi connectivity index (χ1v) is 7.47. The van der Waals surface area contributed by atoms with E-state index in [4.69, 9.17) is 5.11 Å². The van der Waals surface area contributed by atoms with Crippen molar-refractivity contribution in [2.75, 3.05) is 0 Å². The third kappa shape index (κ3) is 4.83. The summed E-state index contributed by atoms with van der Waals surface area (Å²) in [5, 5.41) is 8.22. The smallest absolute Gasteiger partial charge is 0.460 e. The van der Waals surface area contributed by atoms with Gasteiger partial charge in [0.15, 0.2) is 6.10 Å². The van der Waals surface area contributed by atoms with Crippen molar-refractivity contribution in [3.8, 4) is 0 Å². The fourth-order valence-corrected chi connectivity index (χ4v) is 1.89.